The predicted molar refractivity (Wildman–Crippen MR) is 69.7 cm³/mol. The van der Waals surface area contributed by atoms with Gasteiger partial charge in [-0.3, -0.25) is 0 Å². The third-order valence-corrected chi connectivity index (χ3v) is 2.90. The van der Waals surface area contributed by atoms with Crippen LogP contribution < -0.4 is 9.86 Å². The summed E-state index contributed by atoms with van der Waals surface area (Å²) in [5.74, 6) is 5.69. The van der Waals surface area contributed by atoms with Gasteiger partial charge in [-0.1, -0.05) is 24.0 Å². The molecule has 18 heavy (non-hydrogen) atoms. The molecule has 0 aliphatic carbocycles. The summed E-state index contributed by atoms with van der Waals surface area (Å²) in [6, 6.07) is 6.76. The first kappa shape index (κ1) is 14.7. The van der Waals surface area contributed by atoms with E-state index in [1.54, 1.807) is 31.2 Å². The van der Waals surface area contributed by atoms with Gasteiger partial charge in [0, 0.05) is 18.0 Å². The SMILES string of the molecule is CC(NS(N)(=O)=O)c1ccc(C#CCCO)cc1. The molecule has 1 aromatic carbocycles. The quantitative estimate of drug-likeness (QED) is 0.685. The highest BCUT2D eigenvalue weighted by Crippen LogP contribution is 2.13. The third kappa shape index (κ3) is 5.29. The van der Waals surface area contributed by atoms with Crippen LogP contribution in [0.25, 0.3) is 0 Å². The molecule has 1 rings (SSSR count). The van der Waals surface area contributed by atoms with Crippen LogP contribution in [-0.4, -0.2) is 20.1 Å². The van der Waals surface area contributed by atoms with Gasteiger partial charge in [-0.15, -0.1) is 0 Å². The Kier molecular flexibility index (Phi) is 5.31. The first-order valence-electron chi connectivity index (χ1n) is 5.42. The second-order valence-corrected chi connectivity index (χ2v) is 5.11. The normalized spacial score (nSPS) is 12.6. The van der Waals surface area contributed by atoms with Crippen molar-refractivity contribution in [3.63, 3.8) is 0 Å². The highest BCUT2D eigenvalue weighted by Gasteiger charge is 2.10. The summed E-state index contributed by atoms with van der Waals surface area (Å²) in [6.45, 7) is 1.75. The van der Waals surface area contributed by atoms with Gasteiger partial charge in [0.05, 0.1) is 6.61 Å². The first-order chi connectivity index (χ1) is 8.42. The Balaban J connectivity index is 2.74. The van der Waals surface area contributed by atoms with E-state index in [-0.39, 0.29) is 12.6 Å². The second kappa shape index (κ2) is 6.52. The van der Waals surface area contributed by atoms with Gasteiger partial charge in [0.15, 0.2) is 0 Å². The summed E-state index contributed by atoms with van der Waals surface area (Å²) in [5.41, 5.74) is 1.62. The average molecular weight is 268 g/mol. The lowest BCUT2D eigenvalue weighted by Crippen LogP contribution is -2.32. The van der Waals surface area contributed by atoms with Gasteiger partial charge in [0.2, 0.25) is 0 Å². The van der Waals surface area contributed by atoms with Crippen molar-refractivity contribution >= 4 is 10.2 Å². The van der Waals surface area contributed by atoms with Gasteiger partial charge in [-0.25, -0.2) is 5.14 Å². The minimum atomic E-state index is -3.70. The van der Waals surface area contributed by atoms with Crippen LogP contribution in [0.4, 0.5) is 0 Å². The summed E-state index contributed by atoms with van der Waals surface area (Å²) in [4.78, 5) is 0. The molecule has 0 bridgehead atoms. The summed E-state index contributed by atoms with van der Waals surface area (Å²) in [6.07, 6.45) is 0.436. The van der Waals surface area contributed by atoms with E-state index in [9.17, 15) is 8.42 Å². The number of benzene rings is 1. The molecule has 0 saturated carbocycles. The highest BCUT2D eigenvalue weighted by atomic mass is 32.2. The Bertz CT molecular complexity index is 541. The van der Waals surface area contributed by atoms with Crippen molar-refractivity contribution in [2.24, 2.45) is 5.14 Å². The van der Waals surface area contributed by atoms with Crippen molar-refractivity contribution in [1.29, 1.82) is 0 Å². The molecule has 0 amide bonds. The van der Waals surface area contributed by atoms with E-state index in [0.717, 1.165) is 11.1 Å². The molecule has 1 aromatic rings. The lowest BCUT2D eigenvalue weighted by Gasteiger charge is -2.11. The number of hydrogen-bond donors (Lipinski definition) is 3. The van der Waals surface area contributed by atoms with Gasteiger partial charge < -0.3 is 5.11 Å². The fraction of sp³-hybridized carbons (Fsp3) is 0.333. The largest absolute Gasteiger partial charge is 0.395 e. The molecule has 5 nitrogen and oxygen atoms in total. The number of rotatable bonds is 4. The molecule has 1 unspecified atom stereocenters. The summed E-state index contributed by atoms with van der Waals surface area (Å²) >= 11 is 0. The van der Waals surface area contributed by atoms with Crippen molar-refractivity contribution in [1.82, 2.24) is 4.72 Å². The average Bonchev–Trinajstić information content (AvgIpc) is 2.28. The molecule has 0 fully saturated rings. The van der Waals surface area contributed by atoms with Gasteiger partial charge in [-0.05, 0) is 24.6 Å². The number of hydrogen-bond acceptors (Lipinski definition) is 3. The van der Waals surface area contributed by atoms with Gasteiger partial charge >= 0.3 is 0 Å². The molecule has 98 valence electrons. The van der Waals surface area contributed by atoms with Crippen LogP contribution in [-0.2, 0) is 10.2 Å². The van der Waals surface area contributed by atoms with Gasteiger partial charge in [0.25, 0.3) is 10.2 Å². The first-order valence-corrected chi connectivity index (χ1v) is 6.97. The Labute approximate surface area is 107 Å². The fourth-order valence-electron chi connectivity index (χ4n) is 1.39. The maximum Gasteiger partial charge on any atom is 0.274 e. The molecule has 0 spiro atoms. The predicted octanol–water partition coefficient (Wildman–Crippen LogP) is 0.275. The maximum absolute atomic E-state index is 10.9. The second-order valence-electron chi connectivity index (χ2n) is 3.78. The lowest BCUT2D eigenvalue weighted by atomic mass is 10.1. The Hall–Kier alpha value is -1.39. The van der Waals surface area contributed by atoms with Gasteiger partial charge in [-0.2, -0.15) is 13.1 Å². The van der Waals surface area contributed by atoms with Crippen molar-refractivity contribution in [2.45, 2.75) is 19.4 Å². The summed E-state index contributed by atoms with van der Waals surface area (Å²) in [5, 5.41) is 13.5. The van der Waals surface area contributed by atoms with E-state index in [0.29, 0.717) is 6.42 Å². The van der Waals surface area contributed by atoms with Crippen molar-refractivity contribution in [3.05, 3.63) is 35.4 Å². The minimum Gasteiger partial charge on any atom is -0.395 e. The van der Waals surface area contributed by atoms with Crippen molar-refractivity contribution < 1.29 is 13.5 Å². The summed E-state index contributed by atoms with van der Waals surface area (Å²) < 4.78 is 24.0. The summed E-state index contributed by atoms with van der Waals surface area (Å²) in [7, 11) is -3.70. The number of aliphatic hydroxyl groups is 1. The number of nitrogens with one attached hydrogen (secondary N) is 1. The third-order valence-electron chi connectivity index (χ3n) is 2.22. The van der Waals surface area contributed by atoms with Crippen LogP contribution in [0.1, 0.15) is 30.5 Å². The van der Waals surface area contributed by atoms with Crippen molar-refractivity contribution in [2.75, 3.05) is 6.61 Å². The van der Waals surface area contributed by atoms with Crippen LogP contribution in [0, 0.1) is 11.8 Å². The van der Waals surface area contributed by atoms with E-state index >= 15 is 0 Å². The van der Waals surface area contributed by atoms with E-state index in [1.807, 2.05) is 0 Å². The van der Waals surface area contributed by atoms with Crippen LogP contribution >= 0.6 is 0 Å². The number of aliphatic hydroxyl groups excluding tert-OH is 1. The molecular formula is C12H16N2O3S. The molecule has 0 aliphatic heterocycles. The fourth-order valence-corrected chi connectivity index (χ4v) is 2.02. The van der Waals surface area contributed by atoms with Crippen LogP contribution in [0.5, 0.6) is 0 Å². The monoisotopic (exact) mass is 268 g/mol. The molecule has 0 heterocycles. The highest BCUT2D eigenvalue weighted by molar-refractivity contribution is 7.87. The van der Waals surface area contributed by atoms with E-state index in [1.165, 1.54) is 0 Å². The molecule has 0 aromatic heterocycles. The van der Waals surface area contributed by atoms with Crippen molar-refractivity contribution in [3.8, 4) is 11.8 Å². The molecule has 6 heteroatoms. The molecule has 1 atom stereocenters. The lowest BCUT2D eigenvalue weighted by molar-refractivity contribution is 0.305. The van der Waals surface area contributed by atoms with Crippen LogP contribution in [0.15, 0.2) is 24.3 Å². The van der Waals surface area contributed by atoms with Crippen LogP contribution in [0.2, 0.25) is 0 Å². The zero-order valence-corrected chi connectivity index (χ0v) is 10.9. The van der Waals surface area contributed by atoms with E-state index < -0.39 is 10.2 Å². The smallest absolute Gasteiger partial charge is 0.274 e. The Morgan fingerprint density at radius 3 is 2.50 bits per heavy atom. The standard InChI is InChI=1S/C12H16N2O3S/c1-10(14-18(13,16)17)12-7-5-11(6-8-12)4-2-3-9-15/h5-8,10,14-15H,3,9H2,1H3,(H2,13,16,17). The van der Waals surface area contributed by atoms with E-state index in [4.69, 9.17) is 10.2 Å². The topological polar surface area (TPSA) is 92.4 Å². The Morgan fingerprint density at radius 1 is 1.39 bits per heavy atom. The molecule has 0 saturated heterocycles. The molecule has 0 aliphatic rings. The zero-order valence-electron chi connectivity index (χ0n) is 10.1. The minimum absolute atomic E-state index is 0.0421. The zero-order chi connectivity index (χ0) is 13.6. The molecular weight excluding hydrogens is 252 g/mol. The Morgan fingerprint density at radius 2 is 2.00 bits per heavy atom. The molecule has 4 N–H and O–H groups in total. The van der Waals surface area contributed by atoms with Crippen LogP contribution in [0.3, 0.4) is 0 Å². The maximum atomic E-state index is 10.9. The van der Waals surface area contributed by atoms with E-state index in [2.05, 4.69) is 16.6 Å². The number of nitrogens with two attached hydrogens (primary N) is 1. The molecule has 0 radical (unpaired) electrons. The van der Waals surface area contributed by atoms with Gasteiger partial charge in [0.1, 0.15) is 0 Å².